The summed E-state index contributed by atoms with van der Waals surface area (Å²) >= 11 is 6.12. The van der Waals surface area contributed by atoms with Gasteiger partial charge >= 0.3 is 0 Å². The number of aromatic nitrogens is 3. The fourth-order valence-electron chi connectivity index (χ4n) is 4.46. The molecule has 0 spiro atoms. The van der Waals surface area contributed by atoms with Crippen molar-refractivity contribution in [3.8, 4) is 22.8 Å². The summed E-state index contributed by atoms with van der Waals surface area (Å²) in [4.78, 5) is 19.6. The molecule has 1 atom stereocenters. The van der Waals surface area contributed by atoms with Crippen LogP contribution in [0, 0.1) is 0 Å². The van der Waals surface area contributed by atoms with Crippen molar-refractivity contribution < 1.29 is 14.3 Å². The Hall–Kier alpha value is -3.84. The van der Waals surface area contributed by atoms with Crippen LogP contribution < -0.4 is 9.47 Å². The molecule has 3 heterocycles. The van der Waals surface area contributed by atoms with Gasteiger partial charge in [-0.05, 0) is 61.4 Å². The van der Waals surface area contributed by atoms with Crippen molar-refractivity contribution in [1.29, 1.82) is 0 Å². The maximum Gasteiger partial charge on any atom is 0.273 e. The Morgan fingerprint density at radius 1 is 0.971 bits per heavy atom. The highest BCUT2D eigenvalue weighted by Gasteiger charge is 2.42. The molecule has 7 nitrogen and oxygen atoms in total. The van der Waals surface area contributed by atoms with Crippen LogP contribution in [0.3, 0.4) is 0 Å². The maximum absolute atomic E-state index is 13.6. The zero-order valence-corrected chi connectivity index (χ0v) is 20.2. The number of halogens is 1. The number of fused-ring (bicyclic) bond motifs is 1. The molecule has 2 aromatic heterocycles. The van der Waals surface area contributed by atoms with E-state index in [0.717, 1.165) is 27.9 Å². The highest BCUT2D eigenvalue weighted by Crippen LogP contribution is 2.45. The molecule has 35 heavy (non-hydrogen) atoms. The van der Waals surface area contributed by atoms with Crippen LogP contribution in [0.25, 0.3) is 11.3 Å². The monoisotopic (exact) mass is 488 g/mol. The fraction of sp³-hybridized carbons (Fsp3) is 0.222. The predicted molar refractivity (Wildman–Crippen MR) is 134 cm³/mol. The highest BCUT2D eigenvalue weighted by atomic mass is 35.5. The van der Waals surface area contributed by atoms with E-state index in [4.69, 9.17) is 21.1 Å². The minimum absolute atomic E-state index is 0.110. The Morgan fingerprint density at radius 2 is 1.69 bits per heavy atom. The summed E-state index contributed by atoms with van der Waals surface area (Å²) in [5.74, 6) is 1.21. The second-order valence-corrected chi connectivity index (χ2v) is 8.57. The molecule has 0 aliphatic carbocycles. The minimum Gasteiger partial charge on any atom is -0.490 e. The average Bonchev–Trinajstić information content (AvgIpc) is 3.41. The first-order chi connectivity index (χ1) is 17.1. The molecule has 0 bridgehead atoms. The van der Waals surface area contributed by atoms with Crippen LogP contribution in [0.2, 0.25) is 5.02 Å². The molecule has 0 saturated carbocycles. The van der Waals surface area contributed by atoms with Gasteiger partial charge in [-0.25, -0.2) is 0 Å². The number of benzene rings is 2. The number of hydrogen-bond acceptors (Lipinski definition) is 5. The summed E-state index contributed by atoms with van der Waals surface area (Å²) in [6, 6.07) is 16.8. The molecule has 0 saturated heterocycles. The highest BCUT2D eigenvalue weighted by molar-refractivity contribution is 6.30. The van der Waals surface area contributed by atoms with Crippen LogP contribution in [0.15, 0.2) is 67.0 Å². The van der Waals surface area contributed by atoms with Crippen LogP contribution in [0.4, 0.5) is 0 Å². The molecule has 0 fully saturated rings. The summed E-state index contributed by atoms with van der Waals surface area (Å²) in [6.07, 6.45) is 3.46. The lowest BCUT2D eigenvalue weighted by atomic mass is 9.95. The molecule has 5 rings (SSSR count). The lowest BCUT2D eigenvalue weighted by Gasteiger charge is -2.27. The third-order valence-electron chi connectivity index (χ3n) is 5.97. The first-order valence-electron chi connectivity index (χ1n) is 11.5. The van der Waals surface area contributed by atoms with Gasteiger partial charge in [0.1, 0.15) is 5.69 Å². The number of carbonyl (C=O) groups excluding carboxylic acids is 1. The number of carbonyl (C=O) groups is 1. The van der Waals surface area contributed by atoms with Gasteiger partial charge in [0.05, 0.1) is 24.9 Å². The van der Waals surface area contributed by atoms with Gasteiger partial charge in [0.15, 0.2) is 11.5 Å². The smallest absolute Gasteiger partial charge is 0.273 e. The lowest BCUT2D eigenvalue weighted by molar-refractivity contribution is 0.0729. The molecule has 1 aliphatic rings. The second-order valence-electron chi connectivity index (χ2n) is 8.13. The standard InChI is InChI=1S/C27H25ClN4O3/c1-3-34-21-10-7-19(15-22(21)35-4-2)26-23-24(18-5-8-20(28)9-6-18)30-31-25(23)27(33)32(26)16-17-11-13-29-14-12-17/h5-15,26H,3-4,16H2,1-2H3,(H,30,31). The Labute approximate surface area is 208 Å². The third kappa shape index (κ3) is 4.35. The van der Waals surface area contributed by atoms with E-state index in [2.05, 4.69) is 15.2 Å². The normalized spacial score (nSPS) is 14.8. The van der Waals surface area contributed by atoms with Crippen molar-refractivity contribution in [2.45, 2.75) is 26.4 Å². The van der Waals surface area contributed by atoms with E-state index in [1.54, 1.807) is 12.4 Å². The summed E-state index contributed by atoms with van der Waals surface area (Å²) in [7, 11) is 0. The minimum atomic E-state index is -0.370. The summed E-state index contributed by atoms with van der Waals surface area (Å²) in [5.41, 5.74) is 4.82. The molecule has 4 aromatic rings. The average molecular weight is 489 g/mol. The predicted octanol–water partition coefficient (Wildman–Crippen LogP) is 5.67. The molecule has 1 unspecified atom stereocenters. The number of pyridine rings is 1. The van der Waals surface area contributed by atoms with Crippen LogP contribution in [0.1, 0.15) is 47.1 Å². The van der Waals surface area contributed by atoms with Gasteiger partial charge in [0, 0.05) is 35.1 Å². The van der Waals surface area contributed by atoms with E-state index >= 15 is 0 Å². The van der Waals surface area contributed by atoms with E-state index in [9.17, 15) is 4.79 Å². The number of hydrogen-bond donors (Lipinski definition) is 1. The Kier molecular flexibility index (Phi) is 6.42. The molecule has 178 valence electrons. The summed E-state index contributed by atoms with van der Waals surface area (Å²) in [6.45, 7) is 5.32. The van der Waals surface area contributed by atoms with Gasteiger partial charge in [0.25, 0.3) is 5.91 Å². The van der Waals surface area contributed by atoms with Crippen molar-refractivity contribution in [1.82, 2.24) is 20.1 Å². The van der Waals surface area contributed by atoms with E-state index in [0.29, 0.717) is 42.0 Å². The van der Waals surface area contributed by atoms with Crippen molar-refractivity contribution in [3.05, 3.63) is 94.4 Å². The topological polar surface area (TPSA) is 80.3 Å². The van der Waals surface area contributed by atoms with E-state index in [-0.39, 0.29) is 11.9 Å². The largest absolute Gasteiger partial charge is 0.490 e. The molecule has 1 N–H and O–H groups in total. The molecule has 8 heteroatoms. The SMILES string of the molecule is CCOc1ccc(C2c3c(-c4ccc(Cl)cc4)n[nH]c3C(=O)N2Cc2ccncc2)cc1OCC. The molecule has 0 radical (unpaired) electrons. The second kappa shape index (κ2) is 9.80. The van der Waals surface area contributed by atoms with Crippen LogP contribution in [0.5, 0.6) is 11.5 Å². The number of aromatic amines is 1. The molecule has 1 amide bonds. The van der Waals surface area contributed by atoms with Crippen molar-refractivity contribution >= 4 is 17.5 Å². The van der Waals surface area contributed by atoms with E-state index in [1.807, 2.05) is 73.3 Å². The number of amides is 1. The number of nitrogens with zero attached hydrogens (tertiary/aromatic N) is 3. The molecular weight excluding hydrogens is 464 g/mol. The van der Waals surface area contributed by atoms with Crippen LogP contribution in [-0.2, 0) is 6.54 Å². The van der Waals surface area contributed by atoms with Crippen molar-refractivity contribution in [3.63, 3.8) is 0 Å². The van der Waals surface area contributed by atoms with Gasteiger partial charge in [-0.2, -0.15) is 5.10 Å². The zero-order chi connectivity index (χ0) is 24.4. The van der Waals surface area contributed by atoms with Gasteiger partial charge in [-0.1, -0.05) is 29.8 Å². The van der Waals surface area contributed by atoms with Gasteiger partial charge in [-0.3, -0.25) is 14.9 Å². The maximum atomic E-state index is 13.6. The Bertz CT molecular complexity index is 1340. The van der Waals surface area contributed by atoms with Gasteiger partial charge in [-0.15, -0.1) is 0 Å². The molecule has 1 aliphatic heterocycles. The van der Waals surface area contributed by atoms with Gasteiger partial charge in [0.2, 0.25) is 0 Å². The fourth-order valence-corrected chi connectivity index (χ4v) is 4.58. The van der Waals surface area contributed by atoms with Gasteiger partial charge < -0.3 is 14.4 Å². The van der Waals surface area contributed by atoms with Crippen molar-refractivity contribution in [2.24, 2.45) is 0 Å². The van der Waals surface area contributed by atoms with E-state index < -0.39 is 0 Å². The molecule has 2 aromatic carbocycles. The number of rotatable bonds is 8. The Balaban J connectivity index is 1.65. The number of H-pyrrole nitrogens is 1. The Morgan fingerprint density at radius 3 is 2.40 bits per heavy atom. The quantitative estimate of drug-likeness (QED) is 0.345. The van der Waals surface area contributed by atoms with E-state index in [1.165, 1.54) is 0 Å². The third-order valence-corrected chi connectivity index (χ3v) is 6.22. The molecular formula is C27H25ClN4O3. The summed E-state index contributed by atoms with van der Waals surface area (Å²) < 4.78 is 11.7. The number of ether oxygens (including phenoxy) is 2. The van der Waals surface area contributed by atoms with Crippen LogP contribution >= 0.6 is 11.6 Å². The number of nitrogens with one attached hydrogen (secondary N) is 1. The van der Waals surface area contributed by atoms with Crippen molar-refractivity contribution in [2.75, 3.05) is 13.2 Å². The first kappa shape index (κ1) is 22.9. The summed E-state index contributed by atoms with van der Waals surface area (Å²) in [5, 5.41) is 8.16. The lowest BCUT2D eigenvalue weighted by Crippen LogP contribution is -2.29. The van der Waals surface area contributed by atoms with Crippen LogP contribution in [-0.4, -0.2) is 39.2 Å². The first-order valence-corrected chi connectivity index (χ1v) is 11.9. The zero-order valence-electron chi connectivity index (χ0n) is 19.5.